The van der Waals surface area contributed by atoms with E-state index < -0.39 is 35.4 Å². The van der Waals surface area contributed by atoms with Gasteiger partial charge in [-0.05, 0) is 19.1 Å². The average molecular weight is 369 g/mol. The molecule has 136 valence electrons. The van der Waals surface area contributed by atoms with Gasteiger partial charge in [0.15, 0.2) is 6.10 Å². The number of nitrogens with one attached hydrogen (secondary N) is 2. The summed E-state index contributed by atoms with van der Waals surface area (Å²) in [5.41, 5.74) is 0. The minimum atomic E-state index is -1.17. The van der Waals surface area contributed by atoms with Crippen LogP contribution in [0.5, 0.6) is 0 Å². The number of hydrogen-bond acceptors (Lipinski definition) is 7. The van der Waals surface area contributed by atoms with Gasteiger partial charge in [0, 0.05) is 19.7 Å². The van der Waals surface area contributed by atoms with Crippen molar-refractivity contribution >= 4 is 35.6 Å². The third-order valence-electron chi connectivity index (χ3n) is 3.55. The number of nitrogens with zero attached hydrogens (tertiary/aromatic N) is 1. The van der Waals surface area contributed by atoms with E-state index in [1.54, 1.807) is 12.1 Å². The third-order valence-corrected chi connectivity index (χ3v) is 4.83. The Bertz CT molecular complexity index is 662. The molecule has 0 saturated carbocycles. The zero-order valence-corrected chi connectivity index (χ0v) is 14.8. The number of thioether (sulfide) groups is 1. The first kappa shape index (κ1) is 18.8. The van der Waals surface area contributed by atoms with Gasteiger partial charge in [-0.3, -0.25) is 14.9 Å². The highest BCUT2D eigenvalue weighted by Crippen LogP contribution is 2.41. The molecule has 1 aliphatic rings. The van der Waals surface area contributed by atoms with Gasteiger partial charge < -0.3 is 19.4 Å². The Morgan fingerprint density at radius 1 is 1.40 bits per heavy atom. The molecule has 9 nitrogen and oxygen atoms in total. The number of esters is 1. The van der Waals surface area contributed by atoms with E-state index in [-0.39, 0.29) is 5.91 Å². The van der Waals surface area contributed by atoms with Crippen molar-refractivity contribution in [3.63, 3.8) is 0 Å². The molecule has 4 amide bonds. The Morgan fingerprint density at radius 2 is 2.12 bits per heavy atom. The molecule has 1 saturated heterocycles. The van der Waals surface area contributed by atoms with Crippen molar-refractivity contribution in [1.29, 1.82) is 0 Å². The minimum Gasteiger partial charge on any atom is -0.466 e. The second-order valence-electron chi connectivity index (χ2n) is 5.29. The summed E-state index contributed by atoms with van der Waals surface area (Å²) in [5, 5.41) is 3.82. The fourth-order valence-corrected chi connectivity index (χ4v) is 3.72. The summed E-state index contributed by atoms with van der Waals surface area (Å²) in [4.78, 5) is 48.7. The number of urea groups is 1. The van der Waals surface area contributed by atoms with Crippen molar-refractivity contribution in [3.05, 3.63) is 24.2 Å². The zero-order valence-electron chi connectivity index (χ0n) is 14.0. The van der Waals surface area contributed by atoms with Crippen LogP contribution in [0.15, 0.2) is 22.8 Å². The quantitative estimate of drug-likeness (QED) is 0.747. The van der Waals surface area contributed by atoms with E-state index in [9.17, 15) is 19.2 Å². The van der Waals surface area contributed by atoms with Gasteiger partial charge in [0.05, 0.1) is 6.26 Å². The van der Waals surface area contributed by atoms with Crippen LogP contribution in [0.25, 0.3) is 0 Å². The van der Waals surface area contributed by atoms with Crippen LogP contribution in [0, 0.1) is 0 Å². The van der Waals surface area contributed by atoms with E-state index in [1.165, 1.54) is 43.8 Å². The predicted molar refractivity (Wildman–Crippen MR) is 88.4 cm³/mol. The molecule has 1 aromatic rings. The molecule has 2 heterocycles. The Morgan fingerprint density at radius 3 is 2.68 bits per heavy atom. The molecule has 0 bridgehead atoms. The molecule has 1 aromatic heterocycles. The molecule has 0 radical (unpaired) electrons. The lowest BCUT2D eigenvalue weighted by molar-refractivity contribution is -0.161. The number of hydrogen-bond donors (Lipinski definition) is 2. The summed E-state index contributed by atoms with van der Waals surface area (Å²) in [7, 11) is 1.36. The van der Waals surface area contributed by atoms with Crippen LogP contribution in [0.1, 0.15) is 25.0 Å². The van der Waals surface area contributed by atoms with Crippen molar-refractivity contribution in [1.82, 2.24) is 15.5 Å². The Hall–Kier alpha value is -2.49. The molecular formula is C15H19N3O6S. The summed E-state index contributed by atoms with van der Waals surface area (Å²) in [5.74, 6) is -0.906. The van der Waals surface area contributed by atoms with Gasteiger partial charge in [-0.25, -0.2) is 9.59 Å². The lowest BCUT2D eigenvalue weighted by Gasteiger charge is -2.26. The van der Waals surface area contributed by atoms with E-state index in [0.717, 1.165) is 0 Å². The molecule has 2 rings (SSSR count). The van der Waals surface area contributed by atoms with E-state index >= 15 is 0 Å². The van der Waals surface area contributed by atoms with Crippen LogP contribution < -0.4 is 10.6 Å². The van der Waals surface area contributed by atoms with Crippen molar-refractivity contribution in [3.8, 4) is 0 Å². The smallest absolute Gasteiger partial charge is 0.330 e. The second-order valence-corrected chi connectivity index (χ2v) is 6.40. The van der Waals surface area contributed by atoms with Gasteiger partial charge in [-0.2, -0.15) is 0 Å². The number of ether oxygens (including phenoxy) is 1. The van der Waals surface area contributed by atoms with Crippen LogP contribution in [0.4, 0.5) is 4.79 Å². The Labute approximate surface area is 148 Å². The summed E-state index contributed by atoms with van der Waals surface area (Å²) in [6, 6.07) is 1.88. The fraction of sp³-hybridized carbons (Fsp3) is 0.467. The van der Waals surface area contributed by atoms with Gasteiger partial charge in [-0.15, -0.1) is 11.8 Å². The maximum Gasteiger partial charge on any atom is 0.330 e. The van der Waals surface area contributed by atoms with Crippen molar-refractivity contribution in [2.75, 3.05) is 12.8 Å². The molecule has 0 aromatic carbocycles. The summed E-state index contributed by atoms with van der Waals surface area (Å²) in [6.07, 6.45) is 0.316. The molecule has 2 N–H and O–H groups in total. The number of rotatable bonds is 4. The van der Waals surface area contributed by atoms with Gasteiger partial charge in [0.2, 0.25) is 5.91 Å². The number of amides is 4. The van der Waals surface area contributed by atoms with E-state index in [2.05, 4.69) is 5.32 Å². The highest BCUT2D eigenvalue weighted by molar-refractivity contribution is 7.99. The van der Waals surface area contributed by atoms with Gasteiger partial charge >= 0.3 is 12.0 Å². The van der Waals surface area contributed by atoms with Crippen LogP contribution in [0.2, 0.25) is 0 Å². The molecular weight excluding hydrogens is 350 g/mol. The van der Waals surface area contributed by atoms with Gasteiger partial charge in [0.1, 0.15) is 17.2 Å². The van der Waals surface area contributed by atoms with Crippen LogP contribution >= 0.6 is 11.8 Å². The summed E-state index contributed by atoms with van der Waals surface area (Å²) < 4.78 is 10.4. The minimum absolute atomic E-state index is 0.309. The highest BCUT2D eigenvalue weighted by Gasteiger charge is 2.43. The van der Waals surface area contributed by atoms with E-state index in [0.29, 0.717) is 11.5 Å². The molecule has 1 aliphatic heterocycles. The first-order valence-electron chi connectivity index (χ1n) is 7.52. The maximum atomic E-state index is 12.4. The van der Waals surface area contributed by atoms with Crippen molar-refractivity contribution < 1.29 is 28.3 Å². The topological polar surface area (TPSA) is 118 Å². The number of imide groups is 1. The summed E-state index contributed by atoms with van der Waals surface area (Å²) >= 11 is 1.37. The molecule has 25 heavy (non-hydrogen) atoms. The zero-order chi connectivity index (χ0) is 18.6. The lowest BCUT2D eigenvalue weighted by atomic mass is 10.2. The van der Waals surface area contributed by atoms with Gasteiger partial charge in [0.25, 0.3) is 5.91 Å². The van der Waals surface area contributed by atoms with E-state index in [1.807, 2.05) is 5.32 Å². The lowest BCUT2D eigenvalue weighted by Crippen LogP contribution is -2.47. The normalized spacial score (nSPS) is 20.7. The average Bonchev–Trinajstić information content (AvgIpc) is 3.22. The first-order valence-corrected chi connectivity index (χ1v) is 8.57. The first-order chi connectivity index (χ1) is 11.8. The number of furan rings is 1. The highest BCUT2D eigenvalue weighted by atomic mass is 32.2. The molecule has 0 aliphatic carbocycles. The van der Waals surface area contributed by atoms with Crippen molar-refractivity contribution in [2.45, 2.75) is 31.4 Å². The Kier molecular flexibility index (Phi) is 6.07. The molecule has 0 unspecified atom stereocenters. The molecule has 10 heteroatoms. The van der Waals surface area contributed by atoms with Crippen LogP contribution in [-0.4, -0.2) is 53.7 Å². The SMILES string of the molecule is CNC(=O)NC(=O)[C@@H](C)OC(=O)[C@@H]1CS[C@H](c2ccco2)N1C(C)=O. The van der Waals surface area contributed by atoms with Gasteiger partial charge in [-0.1, -0.05) is 0 Å². The maximum absolute atomic E-state index is 12.4. The summed E-state index contributed by atoms with van der Waals surface area (Å²) in [6.45, 7) is 2.70. The van der Waals surface area contributed by atoms with Crippen LogP contribution in [0.3, 0.4) is 0 Å². The van der Waals surface area contributed by atoms with Crippen LogP contribution in [-0.2, 0) is 19.1 Å². The number of carbonyl (C=O) groups excluding carboxylic acids is 4. The van der Waals surface area contributed by atoms with Crippen molar-refractivity contribution in [2.24, 2.45) is 0 Å². The molecule has 0 spiro atoms. The largest absolute Gasteiger partial charge is 0.466 e. The molecule has 3 atom stereocenters. The number of carbonyl (C=O) groups is 4. The van der Waals surface area contributed by atoms with E-state index in [4.69, 9.17) is 9.15 Å². The Balaban J connectivity index is 2.04. The standard InChI is InChI=1S/C15H19N3O6S/c1-8(12(20)17-15(22)16-3)24-14(21)10-7-25-13(18(10)9(2)19)11-5-4-6-23-11/h4-6,8,10,13H,7H2,1-3H3,(H2,16,17,20,22)/t8-,10+,13-/m1/s1. The third kappa shape index (κ3) is 4.32. The molecule has 1 fully saturated rings. The fourth-order valence-electron chi connectivity index (χ4n) is 2.31. The second kappa shape index (κ2) is 8.06. The predicted octanol–water partition coefficient (Wildman–Crippen LogP) is 0.629. The monoisotopic (exact) mass is 369 g/mol.